The molecule has 1 aromatic heterocycles. The molecule has 0 aliphatic heterocycles. The highest BCUT2D eigenvalue weighted by Gasteiger charge is 2.46. The summed E-state index contributed by atoms with van der Waals surface area (Å²) in [5, 5.41) is 2.30. The van der Waals surface area contributed by atoms with E-state index < -0.39 is 0 Å². The van der Waals surface area contributed by atoms with Crippen LogP contribution in [0.15, 0.2) is 121 Å². The van der Waals surface area contributed by atoms with E-state index in [0.29, 0.717) is 0 Å². The van der Waals surface area contributed by atoms with Crippen molar-refractivity contribution >= 4 is 11.3 Å². The van der Waals surface area contributed by atoms with Crippen molar-refractivity contribution in [1.29, 1.82) is 0 Å². The van der Waals surface area contributed by atoms with Gasteiger partial charge in [0.15, 0.2) is 0 Å². The van der Waals surface area contributed by atoms with Gasteiger partial charge in [-0.2, -0.15) is 0 Å². The maximum Gasteiger partial charge on any atom is 0.0807 e. The summed E-state index contributed by atoms with van der Waals surface area (Å²) in [4.78, 5) is 1.37. The monoisotopic (exact) mass is 400 g/mol. The van der Waals surface area contributed by atoms with E-state index in [9.17, 15) is 0 Å². The largest absolute Gasteiger partial charge is 0.147 e. The second kappa shape index (κ2) is 6.83. The van der Waals surface area contributed by atoms with Gasteiger partial charge in [0, 0.05) is 4.88 Å². The van der Waals surface area contributed by atoms with Crippen molar-refractivity contribution in [3.05, 3.63) is 142 Å². The highest BCUT2D eigenvalue weighted by Crippen LogP contribution is 2.57. The fraction of sp³-hybridized carbons (Fsp3) is 0.0345. The van der Waals surface area contributed by atoms with E-state index in [1.807, 2.05) is 11.3 Å². The van der Waals surface area contributed by atoms with Crippen molar-refractivity contribution in [2.45, 2.75) is 5.41 Å². The first kappa shape index (κ1) is 17.4. The molecule has 30 heavy (non-hydrogen) atoms. The van der Waals surface area contributed by atoms with Gasteiger partial charge in [-0.05, 0) is 50.4 Å². The number of rotatable bonds is 3. The zero-order valence-corrected chi connectivity index (χ0v) is 17.3. The Kier molecular flexibility index (Phi) is 3.97. The lowest BCUT2D eigenvalue weighted by Gasteiger charge is -2.32. The van der Waals surface area contributed by atoms with Crippen molar-refractivity contribution in [3.63, 3.8) is 0 Å². The highest BCUT2D eigenvalue weighted by molar-refractivity contribution is 7.10. The van der Waals surface area contributed by atoms with E-state index in [1.54, 1.807) is 0 Å². The molecule has 1 heteroatoms. The molecule has 1 aliphatic carbocycles. The Labute approximate surface area is 181 Å². The summed E-state index contributed by atoms with van der Waals surface area (Å²) < 4.78 is 0. The predicted molar refractivity (Wildman–Crippen MR) is 127 cm³/mol. The number of hydrogen-bond donors (Lipinski definition) is 0. The van der Waals surface area contributed by atoms with Crippen LogP contribution in [0.5, 0.6) is 0 Å². The molecule has 0 unspecified atom stereocenters. The van der Waals surface area contributed by atoms with Gasteiger partial charge in [-0.1, -0.05) is 109 Å². The number of benzene rings is 4. The lowest BCUT2D eigenvalue weighted by Crippen LogP contribution is -2.27. The van der Waals surface area contributed by atoms with Crippen LogP contribution in [0, 0.1) is 0 Å². The topological polar surface area (TPSA) is 0 Å². The molecule has 0 atom stereocenters. The van der Waals surface area contributed by atoms with Crippen LogP contribution < -0.4 is 0 Å². The third-order valence-electron chi connectivity index (χ3n) is 6.24. The van der Waals surface area contributed by atoms with E-state index in [1.165, 1.54) is 43.8 Å². The van der Waals surface area contributed by atoms with Crippen molar-refractivity contribution in [2.75, 3.05) is 0 Å². The molecule has 0 saturated heterocycles. The molecule has 0 fully saturated rings. The first-order valence-electron chi connectivity index (χ1n) is 10.3. The third-order valence-corrected chi connectivity index (χ3v) is 7.29. The van der Waals surface area contributed by atoms with E-state index in [4.69, 9.17) is 0 Å². The zero-order valence-electron chi connectivity index (χ0n) is 16.5. The van der Waals surface area contributed by atoms with Crippen molar-refractivity contribution in [1.82, 2.24) is 0 Å². The zero-order chi connectivity index (χ0) is 20.0. The van der Waals surface area contributed by atoms with Gasteiger partial charge in [-0.3, -0.25) is 0 Å². The molecule has 0 amide bonds. The van der Waals surface area contributed by atoms with Gasteiger partial charge < -0.3 is 0 Å². The van der Waals surface area contributed by atoms with Crippen LogP contribution in [0.1, 0.15) is 21.6 Å². The minimum Gasteiger partial charge on any atom is -0.147 e. The molecule has 1 heterocycles. The molecule has 0 nitrogen and oxygen atoms in total. The van der Waals surface area contributed by atoms with Gasteiger partial charge in [-0.25, -0.2) is 0 Å². The molecule has 0 saturated carbocycles. The standard InChI is InChI=1S/C29H20S/c1-3-11-21(12-4-1)22-19-28(30-20-22)29(23-13-5-2-6-14-23)26-17-9-7-15-24(26)25-16-8-10-18-27(25)29/h1-20H. The molecule has 1 aliphatic rings. The third kappa shape index (κ3) is 2.39. The van der Waals surface area contributed by atoms with Crippen molar-refractivity contribution < 1.29 is 0 Å². The van der Waals surface area contributed by atoms with Gasteiger partial charge in [0.2, 0.25) is 0 Å². The molecule has 0 N–H and O–H groups in total. The van der Waals surface area contributed by atoms with Crippen LogP contribution in [0.2, 0.25) is 0 Å². The number of thiophene rings is 1. The van der Waals surface area contributed by atoms with Crippen LogP contribution in [0.3, 0.4) is 0 Å². The molecular formula is C29H20S. The van der Waals surface area contributed by atoms with Crippen molar-refractivity contribution in [2.24, 2.45) is 0 Å². The molecular weight excluding hydrogens is 380 g/mol. The summed E-state index contributed by atoms with van der Waals surface area (Å²) in [5.74, 6) is 0. The predicted octanol–water partition coefficient (Wildman–Crippen LogP) is 7.78. The lowest BCUT2D eigenvalue weighted by atomic mass is 9.71. The summed E-state index contributed by atoms with van der Waals surface area (Å²) in [5.41, 5.74) is 9.02. The fourth-order valence-corrected chi connectivity index (χ4v) is 6.12. The smallest absolute Gasteiger partial charge is 0.0807 e. The number of hydrogen-bond acceptors (Lipinski definition) is 1. The van der Waals surface area contributed by atoms with Gasteiger partial charge in [0.05, 0.1) is 5.41 Å². The Morgan fingerprint density at radius 1 is 0.500 bits per heavy atom. The number of fused-ring (bicyclic) bond motifs is 3. The van der Waals surface area contributed by atoms with Crippen LogP contribution in [-0.4, -0.2) is 0 Å². The molecule has 0 bridgehead atoms. The quantitative estimate of drug-likeness (QED) is 0.284. The highest BCUT2D eigenvalue weighted by atomic mass is 32.1. The summed E-state index contributed by atoms with van der Waals surface area (Å²) in [6, 6.07) is 41.9. The second-order valence-electron chi connectivity index (χ2n) is 7.77. The minimum atomic E-state index is -0.286. The SMILES string of the molecule is c1ccc(-c2csc(C3(c4ccccc4)c4ccccc4-c4ccccc43)c2)cc1. The van der Waals surface area contributed by atoms with E-state index in [2.05, 4.69) is 121 Å². The molecule has 142 valence electrons. The van der Waals surface area contributed by atoms with Crippen LogP contribution in [0.25, 0.3) is 22.3 Å². The molecule has 5 aromatic rings. The Hall–Kier alpha value is -3.42. The van der Waals surface area contributed by atoms with Gasteiger partial charge in [-0.15, -0.1) is 11.3 Å². The van der Waals surface area contributed by atoms with E-state index >= 15 is 0 Å². The fourth-order valence-electron chi connectivity index (χ4n) is 4.96. The Bertz CT molecular complexity index is 1280. The first-order valence-corrected chi connectivity index (χ1v) is 11.2. The van der Waals surface area contributed by atoms with Crippen LogP contribution >= 0.6 is 11.3 Å². The summed E-state index contributed by atoms with van der Waals surface area (Å²) >= 11 is 1.86. The Morgan fingerprint density at radius 3 is 1.67 bits per heavy atom. The molecule has 6 rings (SSSR count). The summed E-state index contributed by atoms with van der Waals surface area (Å²) in [6.07, 6.45) is 0. The van der Waals surface area contributed by atoms with E-state index in [-0.39, 0.29) is 5.41 Å². The molecule has 4 aromatic carbocycles. The lowest BCUT2D eigenvalue weighted by molar-refractivity contribution is 0.788. The minimum absolute atomic E-state index is 0.286. The van der Waals surface area contributed by atoms with Crippen LogP contribution in [-0.2, 0) is 5.41 Å². The maximum atomic E-state index is 2.39. The van der Waals surface area contributed by atoms with Gasteiger partial charge in [0.1, 0.15) is 0 Å². The normalized spacial score (nSPS) is 13.6. The van der Waals surface area contributed by atoms with Crippen LogP contribution in [0.4, 0.5) is 0 Å². The average Bonchev–Trinajstić information content (AvgIpc) is 3.43. The first-order chi connectivity index (χ1) is 14.9. The summed E-state index contributed by atoms with van der Waals surface area (Å²) in [6.45, 7) is 0. The molecule has 0 radical (unpaired) electrons. The Morgan fingerprint density at radius 2 is 1.03 bits per heavy atom. The second-order valence-corrected chi connectivity index (χ2v) is 8.68. The van der Waals surface area contributed by atoms with Gasteiger partial charge in [0.25, 0.3) is 0 Å². The van der Waals surface area contributed by atoms with E-state index in [0.717, 1.165) is 0 Å². The molecule has 0 spiro atoms. The maximum absolute atomic E-state index is 2.39. The average molecular weight is 401 g/mol. The van der Waals surface area contributed by atoms with Gasteiger partial charge >= 0.3 is 0 Å². The summed E-state index contributed by atoms with van der Waals surface area (Å²) in [7, 11) is 0. The Balaban J connectivity index is 1.70. The van der Waals surface area contributed by atoms with Crippen molar-refractivity contribution in [3.8, 4) is 22.3 Å².